The summed E-state index contributed by atoms with van der Waals surface area (Å²) in [7, 11) is 0. The molecule has 18 heavy (non-hydrogen) atoms. The summed E-state index contributed by atoms with van der Waals surface area (Å²) in [6.07, 6.45) is 4.39. The Labute approximate surface area is 107 Å². The highest BCUT2D eigenvalue weighted by Crippen LogP contribution is 2.05. The van der Waals surface area contributed by atoms with Crippen molar-refractivity contribution < 1.29 is 4.52 Å². The molecule has 0 radical (unpaired) electrons. The lowest BCUT2D eigenvalue weighted by atomic mass is 10.0. The summed E-state index contributed by atoms with van der Waals surface area (Å²) < 4.78 is 4.97. The summed E-state index contributed by atoms with van der Waals surface area (Å²) in [4.78, 5) is 4.01. The zero-order valence-corrected chi connectivity index (χ0v) is 10.7. The maximum Gasteiger partial charge on any atom is 0.227 e. The van der Waals surface area contributed by atoms with Crippen molar-refractivity contribution in [3.05, 3.63) is 48.1 Å². The van der Waals surface area contributed by atoms with E-state index < -0.39 is 0 Å². The highest BCUT2D eigenvalue weighted by atomic mass is 16.5. The molecular weight excluding hydrogens is 226 g/mol. The molecule has 4 heteroatoms. The fourth-order valence-corrected chi connectivity index (χ4v) is 1.95. The monoisotopic (exact) mass is 245 g/mol. The van der Waals surface area contributed by atoms with E-state index in [-0.39, 0.29) is 0 Å². The summed E-state index contributed by atoms with van der Waals surface area (Å²) in [5.41, 5.74) is 1.37. The lowest BCUT2D eigenvalue weighted by Crippen LogP contribution is -2.32. The summed E-state index contributed by atoms with van der Waals surface area (Å²) >= 11 is 0. The van der Waals surface area contributed by atoms with Crippen molar-refractivity contribution in [3.8, 4) is 0 Å². The van der Waals surface area contributed by atoms with Crippen LogP contribution in [0.4, 0.5) is 0 Å². The van der Waals surface area contributed by atoms with Crippen molar-refractivity contribution in [2.24, 2.45) is 0 Å². The second kappa shape index (κ2) is 6.91. The van der Waals surface area contributed by atoms with Crippen molar-refractivity contribution in [1.29, 1.82) is 0 Å². The van der Waals surface area contributed by atoms with E-state index in [0.717, 1.165) is 25.8 Å². The SMILES string of the molecule is CCC(Cc1ccccc1)NCCc1ncno1. The van der Waals surface area contributed by atoms with Crippen LogP contribution in [-0.2, 0) is 12.8 Å². The Hall–Kier alpha value is -1.68. The molecule has 0 bridgehead atoms. The fourth-order valence-electron chi connectivity index (χ4n) is 1.95. The summed E-state index contributed by atoms with van der Waals surface area (Å²) in [6.45, 7) is 3.07. The first-order chi connectivity index (χ1) is 8.88. The highest BCUT2D eigenvalue weighted by molar-refractivity contribution is 5.15. The number of nitrogens with one attached hydrogen (secondary N) is 1. The van der Waals surface area contributed by atoms with Gasteiger partial charge in [0.15, 0.2) is 6.33 Å². The van der Waals surface area contributed by atoms with Crippen LogP contribution in [0.3, 0.4) is 0 Å². The van der Waals surface area contributed by atoms with E-state index >= 15 is 0 Å². The summed E-state index contributed by atoms with van der Waals surface area (Å²) in [6, 6.07) is 11.1. The van der Waals surface area contributed by atoms with Gasteiger partial charge in [-0.3, -0.25) is 0 Å². The molecule has 1 atom stereocenters. The Balaban J connectivity index is 1.75. The predicted octanol–water partition coefficient (Wildman–Crippen LogP) is 2.22. The largest absolute Gasteiger partial charge is 0.340 e. The fraction of sp³-hybridized carbons (Fsp3) is 0.429. The quantitative estimate of drug-likeness (QED) is 0.812. The van der Waals surface area contributed by atoms with Crippen molar-refractivity contribution in [2.75, 3.05) is 6.54 Å². The van der Waals surface area contributed by atoms with E-state index in [4.69, 9.17) is 4.52 Å². The maximum absolute atomic E-state index is 4.97. The first-order valence-corrected chi connectivity index (χ1v) is 6.41. The van der Waals surface area contributed by atoms with Crippen LogP contribution in [-0.4, -0.2) is 22.7 Å². The van der Waals surface area contributed by atoms with Gasteiger partial charge in [-0.15, -0.1) is 0 Å². The zero-order valence-electron chi connectivity index (χ0n) is 10.7. The Morgan fingerprint density at radius 3 is 2.78 bits per heavy atom. The Kier molecular flexibility index (Phi) is 4.90. The molecule has 0 aliphatic heterocycles. The van der Waals surface area contributed by atoms with Gasteiger partial charge in [-0.1, -0.05) is 42.4 Å². The molecule has 4 nitrogen and oxygen atoms in total. The summed E-state index contributed by atoms with van der Waals surface area (Å²) in [5.74, 6) is 0.692. The molecule has 0 aliphatic rings. The minimum Gasteiger partial charge on any atom is -0.340 e. The molecule has 0 saturated carbocycles. The van der Waals surface area contributed by atoms with Gasteiger partial charge < -0.3 is 9.84 Å². The third-order valence-corrected chi connectivity index (χ3v) is 3.00. The van der Waals surface area contributed by atoms with Crippen molar-refractivity contribution in [1.82, 2.24) is 15.5 Å². The van der Waals surface area contributed by atoms with Gasteiger partial charge in [-0.25, -0.2) is 0 Å². The molecule has 0 amide bonds. The molecule has 1 aromatic carbocycles. The Morgan fingerprint density at radius 2 is 2.11 bits per heavy atom. The van der Waals surface area contributed by atoms with E-state index in [0.29, 0.717) is 11.9 Å². The lowest BCUT2D eigenvalue weighted by molar-refractivity contribution is 0.370. The highest BCUT2D eigenvalue weighted by Gasteiger charge is 2.07. The maximum atomic E-state index is 4.97. The van der Waals surface area contributed by atoms with Crippen LogP contribution in [0.25, 0.3) is 0 Å². The number of benzene rings is 1. The van der Waals surface area contributed by atoms with Crippen LogP contribution in [0, 0.1) is 0 Å². The van der Waals surface area contributed by atoms with Gasteiger partial charge in [-0.05, 0) is 18.4 Å². The molecule has 0 spiro atoms. The molecule has 2 rings (SSSR count). The minimum absolute atomic E-state index is 0.496. The zero-order chi connectivity index (χ0) is 12.6. The van der Waals surface area contributed by atoms with E-state index in [1.165, 1.54) is 11.9 Å². The number of hydrogen-bond donors (Lipinski definition) is 1. The molecule has 0 fully saturated rings. The molecule has 0 aliphatic carbocycles. The smallest absolute Gasteiger partial charge is 0.227 e. The van der Waals surface area contributed by atoms with Crippen LogP contribution >= 0.6 is 0 Å². The van der Waals surface area contributed by atoms with E-state index in [1.54, 1.807) is 0 Å². The van der Waals surface area contributed by atoms with Gasteiger partial charge in [0.25, 0.3) is 0 Å². The van der Waals surface area contributed by atoms with Crippen LogP contribution < -0.4 is 5.32 Å². The van der Waals surface area contributed by atoms with Gasteiger partial charge in [0.05, 0.1) is 0 Å². The van der Waals surface area contributed by atoms with Crippen molar-refractivity contribution >= 4 is 0 Å². The van der Waals surface area contributed by atoms with Crippen LogP contribution in [0.5, 0.6) is 0 Å². The third kappa shape index (κ3) is 3.96. The molecule has 1 N–H and O–H groups in total. The topological polar surface area (TPSA) is 51.0 Å². The van der Waals surface area contributed by atoms with E-state index in [1.807, 2.05) is 6.07 Å². The second-order valence-corrected chi connectivity index (χ2v) is 4.33. The van der Waals surface area contributed by atoms with E-state index in [9.17, 15) is 0 Å². The lowest BCUT2D eigenvalue weighted by Gasteiger charge is -2.16. The average Bonchev–Trinajstić information content (AvgIpc) is 2.92. The Bertz CT molecular complexity index is 428. The Morgan fingerprint density at radius 1 is 1.28 bits per heavy atom. The molecule has 2 aromatic rings. The van der Waals surface area contributed by atoms with Gasteiger partial charge in [0, 0.05) is 19.0 Å². The second-order valence-electron chi connectivity index (χ2n) is 4.33. The summed E-state index contributed by atoms with van der Waals surface area (Å²) in [5, 5.41) is 7.12. The number of aromatic nitrogens is 2. The minimum atomic E-state index is 0.496. The third-order valence-electron chi connectivity index (χ3n) is 3.00. The molecule has 1 heterocycles. The normalized spacial score (nSPS) is 12.5. The van der Waals surface area contributed by atoms with Crippen LogP contribution in [0.2, 0.25) is 0 Å². The first kappa shape index (κ1) is 12.8. The molecule has 1 aromatic heterocycles. The predicted molar refractivity (Wildman–Crippen MR) is 70.2 cm³/mol. The first-order valence-electron chi connectivity index (χ1n) is 6.41. The van der Waals surface area contributed by atoms with Crippen molar-refractivity contribution in [3.63, 3.8) is 0 Å². The standard InChI is InChI=1S/C14H19N3O/c1-2-13(10-12-6-4-3-5-7-12)15-9-8-14-16-11-17-18-14/h3-7,11,13,15H,2,8-10H2,1H3. The van der Waals surface area contributed by atoms with Crippen LogP contribution in [0.15, 0.2) is 41.2 Å². The van der Waals surface area contributed by atoms with Crippen molar-refractivity contribution in [2.45, 2.75) is 32.2 Å². The van der Waals surface area contributed by atoms with Gasteiger partial charge in [0.1, 0.15) is 0 Å². The molecule has 1 unspecified atom stereocenters. The molecular formula is C14H19N3O. The average molecular weight is 245 g/mol. The van der Waals surface area contributed by atoms with Crippen LogP contribution in [0.1, 0.15) is 24.8 Å². The molecule has 0 saturated heterocycles. The molecule has 96 valence electrons. The number of hydrogen-bond acceptors (Lipinski definition) is 4. The van der Waals surface area contributed by atoms with E-state index in [2.05, 4.69) is 46.6 Å². The number of rotatable bonds is 7. The van der Waals surface area contributed by atoms with Gasteiger partial charge in [0.2, 0.25) is 5.89 Å². The van der Waals surface area contributed by atoms with Gasteiger partial charge in [-0.2, -0.15) is 4.98 Å². The van der Waals surface area contributed by atoms with Gasteiger partial charge >= 0.3 is 0 Å². The number of nitrogens with zero attached hydrogens (tertiary/aromatic N) is 2.